The van der Waals surface area contributed by atoms with E-state index < -0.39 is 0 Å². The van der Waals surface area contributed by atoms with Crippen molar-refractivity contribution in [1.29, 1.82) is 0 Å². The third-order valence-electron chi connectivity index (χ3n) is 7.00. The molecule has 8 nitrogen and oxygen atoms in total. The van der Waals surface area contributed by atoms with Gasteiger partial charge in [0.05, 0.1) is 13.2 Å². The number of unbranched alkanes of at least 4 members (excludes halogenated alkanes) is 1. The fraction of sp³-hybridized carbons (Fsp3) is 0.758. The summed E-state index contributed by atoms with van der Waals surface area (Å²) in [7, 11) is 4.08. The Bertz CT molecular complexity index is 716. The van der Waals surface area contributed by atoms with Crippen LogP contribution in [0.2, 0.25) is 0 Å². The summed E-state index contributed by atoms with van der Waals surface area (Å²) in [6, 6.07) is 0.474. The predicted molar refractivity (Wildman–Crippen MR) is 176 cm³/mol. The molecule has 41 heavy (non-hydrogen) atoms. The average molecular weight is 580 g/mol. The molecular formula is C33H65N5O3. The van der Waals surface area contributed by atoms with Crippen LogP contribution in [0.3, 0.4) is 0 Å². The van der Waals surface area contributed by atoms with Crippen LogP contribution in [0, 0.1) is 0 Å². The number of amides is 2. The van der Waals surface area contributed by atoms with Crippen LogP contribution in [-0.2, 0) is 14.3 Å². The second kappa shape index (κ2) is 28.0. The molecular weight excluding hydrogens is 514 g/mol. The van der Waals surface area contributed by atoms with E-state index in [4.69, 9.17) is 10.5 Å². The van der Waals surface area contributed by atoms with Gasteiger partial charge in [0.15, 0.2) is 0 Å². The minimum atomic E-state index is 0.264. The van der Waals surface area contributed by atoms with Crippen molar-refractivity contribution in [2.75, 3.05) is 73.1 Å². The first-order valence-corrected chi connectivity index (χ1v) is 15.9. The molecule has 0 spiro atoms. The summed E-state index contributed by atoms with van der Waals surface area (Å²) in [5.41, 5.74) is 6.87. The molecule has 1 aliphatic rings. The van der Waals surface area contributed by atoms with Crippen LogP contribution in [0.5, 0.6) is 0 Å². The van der Waals surface area contributed by atoms with E-state index in [1.165, 1.54) is 5.57 Å². The van der Waals surface area contributed by atoms with Crippen LogP contribution < -0.4 is 5.73 Å². The molecule has 1 unspecified atom stereocenters. The Labute approximate surface area is 253 Å². The van der Waals surface area contributed by atoms with Gasteiger partial charge in [0.1, 0.15) is 5.76 Å². The lowest BCUT2D eigenvalue weighted by Gasteiger charge is -2.30. The Morgan fingerprint density at radius 3 is 2.20 bits per heavy atom. The summed E-state index contributed by atoms with van der Waals surface area (Å²) >= 11 is 0. The molecule has 1 aliphatic heterocycles. The molecule has 0 radical (unpaired) electrons. The van der Waals surface area contributed by atoms with Gasteiger partial charge >= 0.3 is 0 Å². The molecule has 0 aromatic heterocycles. The highest BCUT2D eigenvalue weighted by Crippen LogP contribution is 2.22. The van der Waals surface area contributed by atoms with Crippen molar-refractivity contribution in [2.24, 2.45) is 5.73 Å². The van der Waals surface area contributed by atoms with Crippen molar-refractivity contribution in [3.8, 4) is 0 Å². The first kappa shape index (κ1) is 41.0. The number of rotatable bonds is 19. The normalized spacial score (nSPS) is 15.1. The van der Waals surface area contributed by atoms with Gasteiger partial charge in [-0.25, -0.2) is 0 Å². The van der Waals surface area contributed by atoms with E-state index in [0.29, 0.717) is 19.1 Å². The second-order valence-electron chi connectivity index (χ2n) is 10.7. The number of nitrogens with two attached hydrogens (primary N) is 1. The number of hydrogen-bond acceptors (Lipinski definition) is 6. The molecule has 1 rings (SSSR count). The topological polar surface area (TPSA) is 82.4 Å². The number of carbonyl (C=O) groups excluding carboxylic acids is 2. The molecule has 0 aliphatic carbocycles. The van der Waals surface area contributed by atoms with Crippen LogP contribution in [-0.4, -0.2) is 111 Å². The van der Waals surface area contributed by atoms with Crippen LogP contribution in [0.15, 0.2) is 36.1 Å². The van der Waals surface area contributed by atoms with Crippen LogP contribution >= 0.6 is 0 Å². The van der Waals surface area contributed by atoms with Crippen LogP contribution in [0.4, 0.5) is 0 Å². The Balaban J connectivity index is 0. The zero-order valence-corrected chi connectivity index (χ0v) is 28.0. The number of ether oxygens (including phenoxy) is 1. The molecule has 1 fully saturated rings. The molecule has 1 saturated heterocycles. The van der Waals surface area contributed by atoms with E-state index in [1.807, 2.05) is 38.9 Å². The Morgan fingerprint density at radius 1 is 1.02 bits per heavy atom. The van der Waals surface area contributed by atoms with E-state index in [1.54, 1.807) is 11.0 Å². The Kier molecular flexibility index (Phi) is 28.0. The van der Waals surface area contributed by atoms with E-state index in [-0.39, 0.29) is 5.91 Å². The average Bonchev–Trinajstić information content (AvgIpc) is 3.42. The monoisotopic (exact) mass is 580 g/mol. The van der Waals surface area contributed by atoms with Gasteiger partial charge in [-0.1, -0.05) is 45.9 Å². The largest absolute Gasteiger partial charge is 0.493 e. The van der Waals surface area contributed by atoms with Crippen molar-refractivity contribution < 1.29 is 14.3 Å². The predicted octanol–water partition coefficient (Wildman–Crippen LogP) is 5.31. The van der Waals surface area contributed by atoms with Gasteiger partial charge in [0.2, 0.25) is 12.3 Å². The van der Waals surface area contributed by atoms with Crippen molar-refractivity contribution in [1.82, 2.24) is 19.6 Å². The summed E-state index contributed by atoms with van der Waals surface area (Å²) in [5.74, 6) is 1.25. The van der Waals surface area contributed by atoms with E-state index in [0.717, 1.165) is 103 Å². The molecule has 0 aromatic rings. The van der Waals surface area contributed by atoms with Gasteiger partial charge < -0.3 is 25.2 Å². The van der Waals surface area contributed by atoms with Crippen molar-refractivity contribution in [3.05, 3.63) is 36.1 Å². The summed E-state index contributed by atoms with van der Waals surface area (Å²) in [6.45, 7) is 23.8. The third kappa shape index (κ3) is 21.2. The lowest BCUT2D eigenvalue weighted by Crippen LogP contribution is -2.44. The fourth-order valence-electron chi connectivity index (χ4n) is 4.18. The number of hydrogen-bond donors (Lipinski definition) is 1. The molecule has 2 amide bonds. The quantitative estimate of drug-likeness (QED) is 0.209. The van der Waals surface area contributed by atoms with Crippen molar-refractivity contribution in [3.63, 3.8) is 0 Å². The summed E-state index contributed by atoms with van der Waals surface area (Å²) in [5, 5.41) is 0. The smallest absolute Gasteiger partial charge is 0.236 e. The molecule has 2 N–H and O–H groups in total. The lowest BCUT2D eigenvalue weighted by atomic mass is 10.2. The maximum absolute atomic E-state index is 12.5. The highest BCUT2D eigenvalue weighted by atomic mass is 16.5. The van der Waals surface area contributed by atoms with Gasteiger partial charge in [-0.15, -0.1) is 0 Å². The lowest BCUT2D eigenvalue weighted by molar-refractivity contribution is -0.133. The highest BCUT2D eigenvalue weighted by Gasteiger charge is 2.19. The van der Waals surface area contributed by atoms with Gasteiger partial charge in [-0.2, -0.15) is 0 Å². The third-order valence-corrected chi connectivity index (χ3v) is 7.00. The molecule has 8 heteroatoms. The number of carbonyl (C=O) groups is 2. The van der Waals surface area contributed by atoms with Gasteiger partial charge in [-0.3, -0.25) is 14.5 Å². The first-order valence-electron chi connectivity index (χ1n) is 15.9. The van der Waals surface area contributed by atoms with Crippen molar-refractivity contribution in [2.45, 2.75) is 92.5 Å². The minimum absolute atomic E-state index is 0.264. The maximum atomic E-state index is 12.5. The summed E-state index contributed by atoms with van der Waals surface area (Å²) < 4.78 is 5.32. The fourth-order valence-corrected chi connectivity index (χ4v) is 4.18. The molecule has 0 saturated carbocycles. The first-order chi connectivity index (χ1) is 19.7. The molecule has 1 atom stereocenters. The molecule has 240 valence electrons. The highest BCUT2D eigenvalue weighted by molar-refractivity contribution is 5.78. The zero-order valence-electron chi connectivity index (χ0n) is 28.0. The van der Waals surface area contributed by atoms with Crippen molar-refractivity contribution >= 4 is 12.3 Å². The van der Waals surface area contributed by atoms with E-state index >= 15 is 0 Å². The summed E-state index contributed by atoms with van der Waals surface area (Å²) in [6.07, 6.45) is 14.0. The second-order valence-corrected chi connectivity index (χ2v) is 10.7. The van der Waals surface area contributed by atoms with Gasteiger partial charge in [-0.05, 0) is 98.3 Å². The van der Waals surface area contributed by atoms with Crippen LogP contribution in [0.1, 0.15) is 86.5 Å². The van der Waals surface area contributed by atoms with E-state index in [9.17, 15) is 9.59 Å². The minimum Gasteiger partial charge on any atom is -0.493 e. The molecule has 0 bridgehead atoms. The summed E-state index contributed by atoms with van der Waals surface area (Å²) in [4.78, 5) is 31.0. The SMILES string of the molecule is C=C/C=C1/OCC/C1=C/C.CCCCN(CCCN)C(=O)CN(CCC)C(C)CC.CCN(C=O)CCCN(C)C. The zero-order chi connectivity index (χ0) is 31.5. The molecule has 0 aromatic carbocycles. The van der Waals surface area contributed by atoms with Gasteiger partial charge in [0, 0.05) is 38.6 Å². The molecule has 1 heterocycles. The van der Waals surface area contributed by atoms with Gasteiger partial charge in [0.25, 0.3) is 0 Å². The van der Waals surface area contributed by atoms with E-state index in [2.05, 4.69) is 50.1 Å². The number of nitrogens with zero attached hydrogens (tertiary/aromatic N) is 4. The Hall–Kier alpha value is -2.16. The Morgan fingerprint density at radius 2 is 1.71 bits per heavy atom. The standard InChI is InChI=1S/C16H35N3O.C9H12O.C8H18N2O/c1-5-8-12-18(13-9-10-17)16(20)14-19(11-6-2)15(4)7-3;1-3-5-9-8(4-2)6-7-10-9;1-4-10(8-11)7-5-6-9(2)3/h15H,5-14,17H2,1-4H3;3-5H,1,6-7H2,2H3;8H,4-7H2,1-3H3/b;8-4-,9-5+;. The number of allylic oxidation sites excluding steroid dienone is 4. The van der Waals surface area contributed by atoms with Crippen LogP contribution in [0.25, 0.3) is 0 Å². The maximum Gasteiger partial charge on any atom is 0.236 e.